The Balaban J connectivity index is 2.30. The van der Waals surface area contributed by atoms with Gasteiger partial charge in [-0.05, 0) is 24.0 Å². The van der Waals surface area contributed by atoms with Gasteiger partial charge in [0, 0.05) is 5.57 Å². The predicted octanol–water partition coefficient (Wildman–Crippen LogP) is 6.57. The normalized spacial score (nSPS) is 11.3. The monoisotopic (exact) mass is 298 g/mol. The Morgan fingerprint density at radius 3 is 2.05 bits per heavy atom. The van der Waals surface area contributed by atoms with E-state index < -0.39 is 6.08 Å². The lowest BCUT2D eigenvalue weighted by Gasteiger charge is -2.11. The number of benzene rings is 2. The van der Waals surface area contributed by atoms with Crippen LogP contribution in [0.2, 0.25) is 0 Å². The Morgan fingerprint density at radius 1 is 0.909 bits per heavy atom. The van der Waals surface area contributed by atoms with Gasteiger partial charge in [-0.15, -0.1) is 0 Å². The summed E-state index contributed by atoms with van der Waals surface area (Å²) in [5, 5.41) is 0. The Morgan fingerprint density at radius 2 is 1.50 bits per heavy atom. The average molecular weight is 298 g/mol. The SMILES string of the molecule is CCC/C(=C\c1ccccc1)CC(=C(F)F)c1ccccc1. The summed E-state index contributed by atoms with van der Waals surface area (Å²) in [6.07, 6.45) is 2.47. The fraction of sp³-hybridized carbons (Fsp3) is 0.200. The standard InChI is InChI=1S/C20H20F2/c1-2-9-17(14-16-10-5-3-6-11-16)15-19(20(21)22)18-12-7-4-8-13-18/h3-8,10-14H,2,9,15H2,1H3/b17-14+. The maximum absolute atomic E-state index is 13.4. The van der Waals surface area contributed by atoms with Crippen LogP contribution in [0.25, 0.3) is 11.6 Å². The van der Waals surface area contributed by atoms with Gasteiger partial charge in [-0.2, -0.15) is 8.78 Å². The third-order valence-electron chi connectivity index (χ3n) is 3.50. The molecule has 0 heterocycles. The first kappa shape index (κ1) is 16.2. The summed E-state index contributed by atoms with van der Waals surface area (Å²) >= 11 is 0. The molecular weight excluding hydrogens is 278 g/mol. The van der Waals surface area contributed by atoms with Gasteiger partial charge in [0.2, 0.25) is 0 Å². The molecule has 0 saturated carbocycles. The smallest absolute Gasteiger partial charge is 0.173 e. The molecule has 0 amide bonds. The Kier molecular flexibility index (Phi) is 6.08. The van der Waals surface area contributed by atoms with Gasteiger partial charge < -0.3 is 0 Å². The molecule has 0 aliphatic carbocycles. The topological polar surface area (TPSA) is 0 Å². The second-order valence-electron chi connectivity index (χ2n) is 5.25. The van der Waals surface area contributed by atoms with Crippen LogP contribution >= 0.6 is 0 Å². The third-order valence-corrected chi connectivity index (χ3v) is 3.50. The summed E-state index contributed by atoms with van der Waals surface area (Å²) in [5.74, 6) is 0. The average Bonchev–Trinajstić information content (AvgIpc) is 2.54. The highest BCUT2D eigenvalue weighted by molar-refractivity contribution is 5.70. The second kappa shape index (κ2) is 8.28. The molecule has 114 valence electrons. The van der Waals surface area contributed by atoms with Gasteiger partial charge in [0.1, 0.15) is 0 Å². The van der Waals surface area contributed by atoms with E-state index in [1.807, 2.05) is 42.5 Å². The third kappa shape index (κ3) is 4.66. The van der Waals surface area contributed by atoms with E-state index in [4.69, 9.17) is 0 Å². The molecule has 0 spiro atoms. The quantitative estimate of drug-likeness (QED) is 0.566. The van der Waals surface area contributed by atoms with E-state index >= 15 is 0 Å². The van der Waals surface area contributed by atoms with Gasteiger partial charge >= 0.3 is 0 Å². The number of allylic oxidation sites excluding steroid dienone is 2. The first-order chi connectivity index (χ1) is 10.7. The van der Waals surface area contributed by atoms with Crippen molar-refractivity contribution in [3.8, 4) is 0 Å². The molecule has 2 aromatic rings. The molecule has 2 rings (SSSR count). The minimum atomic E-state index is -1.60. The Bertz CT molecular complexity index is 636. The van der Waals surface area contributed by atoms with E-state index in [0.717, 1.165) is 24.0 Å². The molecule has 0 N–H and O–H groups in total. The van der Waals surface area contributed by atoms with Crippen LogP contribution in [0.15, 0.2) is 72.3 Å². The van der Waals surface area contributed by atoms with Crippen molar-refractivity contribution < 1.29 is 8.78 Å². The van der Waals surface area contributed by atoms with Gasteiger partial charge in [-0.1, -0.05) is 85.7 Å². The van der Waals surface area contributed by atoms with Crippen LogP contribution in [0.4, 0.5) is 8.78 Å². The zero-order chi connectivity index (χ0) is 15.8. The first-order valence-electron chi connectivity index (χ1n) is 7.54. The van der Waals surface area contributed by atoms with Gasteiger partial charge in [-0.25, -0.2) is 0 Å². The van der Waals surface area contributed by atoms with Crippen molar-refractivity contribution in [2.75, 3.05) is 0 Å². The van der Waals surface area contributed by atoms with E-state index in [1.54, 1.807) is 24.3 Å². The van der Waals surface area contributed by atoms with E-state index in [1.165, 1.54) is 0 Å². The summed E-state index contributed by atoms with van der Waals surface area (Å²) in [4.78, 5) is 0. The fourth-order valence-corrected chi connectivity index (χ4v) is 2.46. The molecule has 2 heteroatoms. The molecular formula is C20H20F2. The number of rotatable bonds is 6. The molecule has 22 heavy (non-hydrogen) atoms. The van der Waals surface area contributed by atoms with Gasteiger partial charge in [0.25, 0.3) is 6.08 Å². The van der Waals surface area contributed by atoms with Gasteiger partial charge in [0.15, 0.2) is 0 Å². The largest absolute Gasteiger partial charge is 0.274 e. The van der Waals surface area contributed by atoms with Crippen LogP contribution in [0.5, 0.6) is 0 Å². The van der Waals surface area contributed by atoms with E-state index in [9.17, 15) is 8.78 Å². The van der Waals surface area contributed by atoms with Crippen molar-refractivity contribution in [1.29, 1.82) is 0 Å². The maximum atomic E-state index is 13.4. The van der Waals surface area contributed by atoms with E-state index in [2.05, 4.69) is 6.92 Å². The zero-order valence-electron chi connectivity index (χ0n) is 12.7. The molecule has 2 aromatic carbocycles. The van der Waals surface area contributed by atoms with E-state index in [-0.39, 0.29) is 12.0 Å². The van der Waals surface area contributed by atoms with Gasteiger partial charge in [-0.3, -0.25) is 0 Å². The highest BCUT2D eigenvalue weighted by Crippen LogP contribution is 2.30. The van der Waals surface area contributed by atoms with E-state index in [0.29, 0.717) is 5.56 Å². The highest BCUT2D eigenvalue weighted by Gasteiger charge is 2.11. The van der Waals surface area contributed by atoms with Crippen LogP contribution < -0.4 is 0 Å². The molecule has 0 aromatic heterocycles. The molecule has 0 radical (unpaired) electrons. The first-order valence-corrected chi connectivity index (χ1v) is 7.54. The number of hydrogen-bond acceptors (Lipinski definition) is 0. The highest BCUT2D eigenvalue weighted by atomic mass is 19.3. The van der Waals surface area contributed by atoms with Crippen LogP contribution in [0.1, 0.15) is 37.3 Å². The molecule has 0 saturated heterocycles. The minimum Gasteiger partial charge on any atom is -0.173 e. The lowest BCUT2D eigenvalue weighted by Crippen LogP contribution is -1.91. The molecule has 0 aliphatic heterocycles. The van der Waals surface area contributed by atoms with Crippen LogP contribution in [0, 0.1) is 0 Å². The number of hydrogen-bond donors (Lipinski definition) is 0. The van der Waals surface area contributed by atoms with Crippen molar-refractivity contribution in [2.45, 2.75) is 26.2 Å². The van der Waals surface area contributed by atoms with Gasteiger partial charge in [0.05, 0.1) is 0 Å². The van der Waals surface area contributed by atoms with Crippen molar-refractivity contribution in [3.05, 3.63) is 83.4 Å². The van der Waals surface area contributed by atoms with Crippen molar-refractivity contribution in [3.63, 3.8) is 0 Å². The molecule has 0 unspecified atom stereocenters. The zero-order valence-corrected chi connectivity index (χ0v) is 12.7. The summed E-state index contributed by atoms with van der Waals surface area (Å²) in [5.41, 5.74) is 2.80. The van der Waals surface area contributed by atoms with Crippen LogP contribution in [-0.4, -0.2) is 0 Å². The lowest BCUT2D eigenvalue weighted by molar-refractivity contribution is 0.423. The molecule has 0 atom stereocenters. The predicted molar refractivity (Wildman–Crippen MR) is 89.5 cm³/mol. The summed E-state index contributed by atoms with van der Waals surface area (Å²) in [6, 6.07) is 18.7. The van der Waals surface area contributed by atoms with Crippen molar-refractivity contribution in [2.24, 2.45) is 0 Å². The van der Waals surface area contributed by atoms with Crippen molar-refractivity contribution in [1.82, 2.24) is 0 Å². The Labute approximate surface area is 130 Å². The molecule has 0 bridgehead atoms. The van der Waals surface area contributed by atoms with Crippen LogP contribution in [0.3, 0.4) is 0 Å². The summed E-state index contributed by atoms with van der Waals surface area (Å²) in [6.45, 7) is 2.07. The second-order valence-corrected chi connectivity index (χ2v) is 5.25. The molecule has 0 fully saturated rings. The minimum absolute atomic E-state index is 0.122. The summed E-state index contributed by atoms with van der Waals surface area (Å²) in [7, 11) is 0. The Hall–Kier alpha value is -2.22. The molecule has 0 nitrogen and oxygen atoms in total. The van der Waals surface area contributed by atoms with Crippen molar-refractivity contribution >= 4 is 11.6 Å². The summed E-state index contributed by atoms with van der Waals surface area (Å²) < 4.78 is 26.8. The molecule has 0 aliphatic rings. The lowest BCUT2D eigenvalue weighted by atomic mass is 9.95. The van der Waals surface area contributed by atoms with Crippen LogP contribution in [-0.2, 0) is 0 Å². The maximum Gasteiger partial charge on any atom is 0.274 e. The number of halogens is 2. The fourth-order valence-electron chi connectivity index (χ4n) is 2.46.